The van der Waals surface area contributed by atoms with E-state index in [9.17, 15) is 10.2 Å². The van der Waals surface area contributed by atoms with E-state index in [1.165, 1.54) is 58.5 Å². The van der Waals surface area contributed by atoms with Crippen molar-refractivity contribution in [1.29, 1.82) is 0 Å². The summed E-state index contributed by atoms with van der Waals surface area (Å²) in [4.78, 5) is 0. The van der Waals surface area contributed by atoms with Gasteiger partial charge >= 0.3 is 0 Å². The van der Waals surface area contributed by atoms with Crippen molar-refractivity contribution in [2.45, 2.75) is 102 Å². The molecule has 0 radical (unpaired) electrons. The van der Waals surface area contributed by atoms with Gasteiger partial charge in [-0.3, -0.25) is 0 Å². The summed E-state index contributed by atoms with van der Waals surface area (Å²) in [6.45, 7) is 2.79. The smallest absolute Gasteiger partial charge is 0.186 e. The quantitative estimate of drug-likeness (QED) is 0.328. The first kappa shape index (κ1) is 23.3. The van der Waals surface area contributed by atoms with Crippen LogP contribution in [-0.2, 0) is 14.2 Å². The number of halogens is 1. The Hall–Kier alpha value is 0.280. The van der Waals surface area contributed by atoms with Crippen molar-refractivity contribution in [2.24, 2.45) is 0 Å². The molecule has 0 amide bonds. The molecular formula is C19H37BrO5. The van der Waals surface area contributed by atoms with Gasteiger partial charge in [0.2, 0.25) is 0 Å². The molecule has 0 aromatic heterocycles. The fraction of sp³-hybridized carbons (Fsp3) is 1.00. The predicted molar refractivity (Wildman–Crippen MR) is 103 cm³/mol. The summed E-state index contributed by atoms with van der Waals surface area (Å²) in [5.74, 6) is 0. The maximum Gasteiger partial charge on any atom is 0.186 e. The van der Waals surface area contributed by atoms with E-state index in [-0.39, 0.29) is 0 Å². The summed E-state index contributed by atoms with van der Waals surface area (Å²) in [5.41, 5.74) is 0. The standard InChI is InChI=1S/C19H37BrO5/c1-3-4-5-6-7-8-9-10-11-12-13-24-18-16(21)15(14-20)25-19(23-2)17(18)22/h15-19,21-22H,3-14H2,1-2H3/t15-,16-,17-,18+,19-/m1/s1. The van der Waals surface area contributed by atoms with Gasteiger partial charge in [0.1, 0.15) is 18.3 Å². The SMILES string of the molecule is CCCCCCCCCCCCO[C@@H]1[C@@H](O)[C@H](OC)O[C@H](CBr)[C@H]1O. The third-order valence-electron chi connectivity index (χ3n) is 4.83. The maximum absolute atomic E-state index is 10.3. The van der Waals surface area contributed by atoms with Crippen LogP contribution in [0.25, 0.3) is 0 Å². The molecule has 1 heterocycles. The molecule has 150 valence electrons. The average Bonchev–Trinajstić information content (AvgIpc) is 2.62. The van der Waals surface area contributed by atoms with E-state index >= 15 is 0 Å². The summed E-state index contributed by atoms with van der Waals surface area (Å²) in [6.07, 6.45) is 8.96. The Labute approximate surface area is 161 Å². The second-order valence-corrected chi connectivity index (χ2v) is 7.58. The molecular weight excluding hydrogens is 388 g/mol. The number of aliphatic hydroxyl groups excluding tert-OH is 2. The molecule has 1 saturated heterocycles. The monoisotopic (exact) mass is 424 g/mol. The van der Waals surface area contributed by atoms with Crippen LogP contribution in [-0.4, -0.2) is 60.0 Å². The molecule has 1 fully saturated rings. The highest BCUT2D eigenvalue weighted by atomic mass is 79.9. The Balaban J connectivity index is 2.11. The topological polar surface area (TPSA) is 68.2 Å². The Morgan fingerprint density at radius 1 is 0.880 bits per heavy atom. The van der Waals surface area contributed by atoms with Crippen molar-refractivity contribution in [2.75, 3.05) is 19.0 Å². The fourth-order valence-corrected chi connectivity index (χ4v) is 3.77. The summed E-state index contributed by atoms with van der Waals surface area (Å²) < 4.78 is 16.4. The largest absolute Gasteiger partial charge is 0.388 e. The van der Waals surface area contributed by atoms with E-state index in [2.05, 4.69) is 22.9 Å². The Morgan fingerprint density at radius 2 is 1.44 bits per heavy atom. The molecule has 0 aromatic rings. The number of rotatable bonds is 14. The van der Waals surface area contributed by atoms with E-state index in [4.69, 9.17) is 14.2 Å². The normalized spacial score (nSPS) is 29.9. The van der Waals surface area contributed by atoms with Gasteiger partial charge in [0.25, 0.3) is 0 Å². The molecule has 1 rings (SSSR count). The number of hydrogen-bond acceptors (Lipinski definition) is 5. The Bertz CT molecular complexity index is 302. The second-order valence-electron chi connectivity index (χ2n) is 6.93. The highest BCUT2D eigenvalue weighted by molar-refractivity contribution is 9.09. The molecule has 25 heavy (non-hydrogen) atoms. The van der Waals surface area contributed by atoms with Crippen molar-refractivity contribution in [1.82, 2.24) is 0 Å². The van der Waals surface area contributed by atoms with Gasteiger partial charge in [-0.25, -0.2) is 0 Å². The third-order valence-corrected chi connectivity index (χ3v) is 5.47. The van der Waals surface area contributed by atoms with E-state index in [1.54, 1.807) is 0 Å². The first-order valence-corrected chi connectivity index (χ1v) is 11.0. The van der Waals surface area contributed by atoms with Gasteiger partial charge in [0.15, 0.2) is 6.29 Å². The van der Waals surface area contributed by atoms with Crippen LogP contribution in [0.15, 0.2) is 0 Å². The molecule has 1 aliphatic rings. The summed E-state index contributed by atoms with van der Waals surface area (Å²) in [7, 11) is 1.48. The molecule has 0 aliphatic carbocycles. The zero-order valence-electron chi connectivity index (χ0n) is 15.9. The predicted octanol–water partition coefficient (Wildman–Crippen LogP) is 3.78. The van der Waals surface area contributed by atoms with Crippen LogP contribution >= 0.6 is 15.9 Å². The lowest BCUT2D eigenvalue weighted by molar-refractivity contribution is -0.292. The lowest BCUT2D eigenvalue weighted by Crippen LogP contribution is -2.59. The molecule has 0 spiro atoms. The van der Waals surface area contributed by atoms with Gasteiger partial charge in [0, 0.05) is 19.0 Å². The number of unbranched alkanes of at least 4 members (excludes halogenated alkanes) is 9. The minimum absolute atomic E-state index is 0.439. The number of aliphatic hydroxyl groups is 2. The highest BCUT2D eigenvalue weighted by Gasteiger charge is 2.44. The van der Waals surface area contributed by atoms with Crippen molar-refractivity contribution < 1.29 is 24.4 Å². The Morgan fingerprint density at radius 3 is 1.96 bits per heavy atom. The van der Waals surface area contributed by atoms with Crippen LogP contribution in [0.4, 0.5) is 0 Å². The molecule has 2 N–H and O–H groups in total. The van der Waals surface area contributed by atoms with Crippen molar-refractivity contribution >= 4 is 15.9 Å². The molecule has 0 unspecified atom stereocenters. The third kappa shape index (κ3) is 8.67. The molecule has 5 nitrogen and oxygen atoms in total. The van der Waals surface area contributed by atoms with Crippen LogP contribution < -0.4 is 0 Å². The second kappa shape index (κ2) is 14.4. The number of hydrogen-bond donors (Lipinski definition) is 2. The zero-order valence-corrected chi connectivity index (χ0v) is 17.5. The van der Waals surface area contributed by atoms with Crippen molar-refractivity contribution in [3.8, 4) is 0 Å². The average molecular weight is 425 g/mol. The fourth-order valence-electron chi connectivity index (χ4n) is 3.23. The molecule has 0 saturated carbocycles. The first-order chi connectivity index (χ1) is 12.2. The minimum atomic E-state index is -0.974. The lowest BCUT2D eigenvalue weighted by atomic mass is 9.99. The summed E-state index contributed by atoms with van der Waals surface area (Å²) in [6, 6.07) is 0. The Kier molecular flexibility index (Phi) is 13.4. The van der Waals surface area contributed by atoms with Gasteiger partial charge in [-0.1, -0.05) is 80.6 Å². The summed E-state index contributed by atoms with van der Waals surface area (Å²) >= 11 is 3.31. The van der Waals surface area contributed by atoms with Crippen LogP contribution in [0.5, 0.6) is 0 Å². The molecule has 0 bridgehead atoms. The number of alkyl halides is 1. The van der Waals surface area contributed by atoms with Crippen molar-refractivity contribution in [3.05, 3.63) is 0 Å². The van der Waals surface area contributed by atoms with E-state index < -0.39 is 30.7 Å². The molecule has 5 atom stereocenters. The number of ether oxygens (including phenoxy) is 3. The van der Waals surface area contributed by atoms with Crippen LogP contribution in [0.3, 0.4) is 0 Å². The first-order valence-electron chi connectivity index (χ1n) is 9.87. The van der Waals surface area contributed by atoms with Crippen LogP contribution in [0, 0.1) is 0 Å². The van der Waals surface area contributed by atoms with E-state index in [1.807, 2.05) is 0 Å². The molecule has 0 aromatic carbocycles. The van der Waals surface area contributed by atoms with Gasteiger partial charge in [0.05, 0.1) is 6.10 Å². The lowest BCUT2D eigenvalue weighted by Gasteiger charge is -2.41. The van der Waals surface area contributed by atoms with Gasteiger partial charge in [-0.2, -0.15) is 0 Å². The minimum Gasteiger partial charge on any atom is -0.388 e. The zero-order chi connectivity index (χ0) is 18.5. The summed E-state index contributed by atoms with van der Waals surface area (Å²) in [5, 5.41) is 21.0. The molecule has 1 aliphatic heterocycles. The van der Waals surface area contributed by atoms with E-state index in [0.717, 1.165) is 12.8 Å². The number of methoxy groups -OCH3 is 1. The van der Waals surface area contributed by atoms with Crippen molar-refractivity contribution in [3.63, 3.8) is 0 Å². The van der Waals surface area contributed by atoms with Gasteiger partial charge in [-0.15, -0.1) is 0 Å². The van der Waals surface area contributed by atoms with Gasteiger partial charge in [-0.05, 0) is 6.42 Å². The molecule has 6 heteroatoms. The van der Waals surface area contributed by atoms with Crippen LogP contribution in [0.1, 0.15) is 71.1 Å². The highest BCUT2D eigenvalue weighted by Crippen LogP contribution is 2.25. The van der Waals surface area contributed by atoms with Crippen LogP contribution in [0.2, 0.25) is 0 Å². The van der Waals surface area contributed by atoms with Gasteiger partial charge < -0.3 is 24.4 Å². The maximum atomic E-state index is 10.3. The van der Waals surface area contributed by atoms with E-state index in [0.29, 0.717) is 11.9 Å².